The number of nitrogens with one attached hydrogen (secondary N) is 2. The predicted octanol–water partition coefficient (Wildman–Crippen LogP) is 14.2. The maximum Gasteiger partial charge on any atom is 4.00 e. The first kappa shape index (κ1) is 73.0. The van der Waals surface area contributed by atoms with Crippen LogP contribution in [0.25, 0.3) is 33.0 Å². The van der Waals surface area contributed by atoms with E-state index in [1.54, 1.807) is 18.2 Å². The van der Waals surface area contributed by atoms with E-state index in [1.807, 2.05) is 60.6 Å². The molecule has 2 nitrogen and oxygen atoms in total. The average molecular weight is 765 g/mol. The molecule has 0 amide bonds. The molecular weight excluding hydrogens is 696 g/mol. The van der Waals surface area contributed by atoms with E-state index in [0.717, 1.165) is 0 Å². The van der Waals surface area contributed by atoms with Crippen molar-refractivity contribution >= 4 is 43.5 Å². The van der Waals surface area contributed by atoms with Gasteiger partial charge in [-0.05, 0) is 6.92 Å². The zero-order chi connectivity index (χ0) is 32.2. The number of benzene rings is 2. The molecular formula is C43H68N2Si2Ti2. The zero-order valence-electron chi connectivity index (χ0n) is 33.8. The fraction of sp³-hybridized carbons (Fsp3) is 0.302. The summed E-state index contributed by atoms with van der Waals surface area (Å²) in [5.41, 5.74) is 19.0. The second kappa shape index (κ2) is 39.2. The van der Waals surface area contributed by atoms with Crippen molar-refractivity contribution in [3.8, 4) is 0 Å². The molecule has 0 bridgehead atoms. The molecule has 4 aromatic rings. The van der Waals surface area contributed by atoms with Crippen LogP contribution in [-0.2, 0) is 43.4 Å². The van der Waals surface area contributed by atoms with Gasteiger partial charge in [0.2, 0.25) is 0 Å². The predicted molar refractivity (Wildman–Crippen MR) is 229 cm³/mol. The van der Waals surface area contributed by atoms with Gasteiger partial charge in [-0.2, -0.15) is 11.1 Å². The molecule has 0 saturated heterocycles. The number of hydrogen-bond donors (Lipinski definition) is 0. The van der Waals surface area contributed by atoms with Crippen LogP contribution in [0.4, 0.5) is 0 Å². The summed E-state index contributed by atoms with van der Waals surface area (Å²) in [5.74, 6) is 0. The van der Waals surface area contributed by atoms with Crippen molar-refractivity contribution in [3.05, 3.63) is 174 Å². The molecule has 0 heterocycles. The van der Waals surface area contributed by atoms with Crippen molar-refractivity contribution < 1.29 is 43.4 Å². The monoisotopic (exact) mass is 764 g/mol. The minimum absolute atomic E-state index is 0. The molecule has 0 fully saturated rings. The molecule has 0 saturated carbocycles. The van der Waals surface area contributed by atoms with Crippen LogP contribution in [0.15, 0.2) is 111 Å². The van der Waals surface area contributed by atoms with Crippen molar-refractivity contribution in [2.45, 2.75) is 87.2 Å². The van der Waals surface area contributed by atoms with Crippen LogP contribution in [0.1, 0.15) is 70.7 Å². The van der Waals surface area contributed by atoms with Gasteiger partial charge in [-0.3, -0.25) is 0 Å². The van der Waals surface area contributed by atoms with E-state index in [0.29, 0.717) is 0 Å². The summed E-state index contributed by atoms with van der Waals surface area (Å²) in [6.45, 7) is 32.0. The van der Waals surface area contributed by atoms with Crippen molar-refractivity contribution in [2.24, 2.45) is 0 Å². The molecule has 4 aromatic carbocycles. The Hall–Kier alpha value is -1.60. The van der Waals surface area contributed by atoms with Gasteiger partial charge in [-0.25, -0.2) is 0 Å². The number of aryl methyl sites for hydroxylation is 4. The summed E-state index contributed by atoms with van der Waals surface area (Å²) < 4.78 is 0. The van der Waals surface area contributed by atoms with E-state index in [-0.39, 0.29) is 106 Å². The van der Waals surface area contributed by atoms with E-state index in [4.69, 9.17) is 11.5 Å². The van der Waals surface area contributed by atoms with E-state index < -0.39 is 0 Å². The minimum atomic E-state index is -0.250. The van der Waals surface area contributed by atoms with Crippen molar-refractivity contribution in [1.82, 2.24) is 0 Å². The van der Waals surface area contributed by atoms with Crippen LogP contribution >= 0.6 is 0 Å². The average Bonchev–Trinajstić information content (AvgIpc) is 3.33. The van der Waals surface area contributed by atoms with Crippen LogP contribution < -0.4 is 0 Å². The van der Waals surface area contributed by atoms with Crippen LogP contribution in [0, 0.1) is 57.4 Å². The molecule has 0 atom stereocenters. The first-order chi connectivity index (χ1) is 18.9. The Bertz CT molecular complexity index is 1230. The SMILES string of the molecule is C=CC=C.C=CC=CC.CC(C)(C)[NH-].CC(C)(C)[NH-].Cc1[cH-]c2ccccc2c1C.Cc1[cH-]c2ccccc2c1C.[CH3-].[CH3-].[CH3-].[CH3-].[Si].[Si].[Ti+4].[Ti+4]. The van der Waals surface area contributed by atoms with E-state index in [2.05, 4.69) is 108 Å². The molecule has 6 heteroatoms. The van der Waals surface area contributed by atoms with E-state index >= 15 is 0 Å². The Balaban J connectivity index is -0.0000000473. The normalized spacial score (nSPS) is 8.59. The van der Waals surface area contributed by atoms with Gasteiger partial charge in [0.05, 0.1) is 0 Å². The molecule has 0 aromatic heterocycles. The zero-order valence-corrected chi connectivity index (χ0v) is 38.9. The second-order valence-electron chi connectivity index (χ2n) is 11.8. The molecule has 0 spiro atoms. The quantitative estimate of drug-likeness (QED) is 0.111. The topological polar surface area (TPSA) is 47.6 Å². The fourth-order valence-electron chi connectivity index (χ4n) is 3.17. The molecule has 266 valence electrons. The largest absolute Gasteiger partial charge is 4.00 e. The third-order valence-corrected chi connectivity index (χ3v) is 5.15. The van der Waals surface area contributed by atoms with Gasteiger partial charge in [-0.15, -0.1) is 92.3 Å². The van der Waals surface area contributed by atoms with Gasteiger partial charge in [-0.1, -0.05) is 131 Å². The standard InChI is InChI=1S/2C11H11.C5H8.2C4H10N.C4H6.4CH3.2Si.2Ti/c2*1-8-7-10-5-3-4-6-11(10)9(8)2;1-3-5-4-2;2*1-4(2,3)5;1-3-4-2;;;;;;;;/h2*3-7H,1-2H3;3-5H,1H2,2H3;2*5H,1-3H3;3-4H,1-2H2;4*1H3;;;;/q2*-1;;2*-1;;4*-1;;;2*+4. The number of allylic oxidation sites excluding steroid dienone is 5. The molecule has 4 rings (SSSR count). The molecule has 0 aliphatic rings. The van der Waals surface area contributed by atoms with Gasteiger partial charge in [0.25, 0.3) is 0 Å². The van der Waals surface area contributed by atoms with Gasteiger partial charge >= 0.3 is 43.4 Å². The molecule has 49 heavy (non-hydrogen) atoms. The van der Waals surface area contributed by atoms with E-state index in [9.17, 15) is 0 Å². The molecule has 0 aliphatic heterocycles. The van der Waals surface area contributed by atoms with Crippen LogP contribution in [-0.4, -0.2) is 33.0 Å². The van der Waals surface area contributed by atoms with Crippen molar-refractivity contribution in [1.29, 1.82) is 0 Å². The summed E-state index contributed by atoms with van der Waals surface area (Å²) in [5, 5.41) is 5.51. The molecule has 0 aliphatic carbocycles. The number of rotatable bonds is 2. The summed E-state index contributed by atoms with van der Waals surface area (Å²) in [6.07, 6.45) is 8.85. The summed E-state index contributed by atoms with van der Waals surface area (Å²) in [6, 6.07) is 21.5. The Labute approximate surface area is 345 Å². The minimum Gasteiger partial charge on any atom is -0.673 e. The summed E-state index contributed by atoms with van der Waals surface area (Å²) in [7, 11) is 0. The summed E-state index contributed by atoms with van der Waals surface area (Å²) >= 11 is 0. The number of hydrogen-bond acceptors (Lipinski definition) is 0. The van der Waals surface area contributed by atoms with Gasteiger partial charge in [0, 0.05) is 21.9 Å². The van der Waals surface area contributed by atoms with E-state index in [1.165, 1.54) is 43.8 Å². The third-order valence-electron chi connectivity index (χ3n) is 5.15. The maximum atomic E-state index is 6.94. The number of fused-ring (bicyclic) bond motifs is 2. The Morgan fingerprint density at radius 1 is 0.551 bits per heavy atom. The van der Waals surface area contributed by atoms with Crippen LogP contribution in [0.3, 0.4) is 0 Å². The van der Waals surface area contributed by atoms with Gasteiger partial charge < -0.3 is 41.2 Å². The van der Waals surface area contributed by atoms with Gasteiger partial charge in [0.1, 0.15) is 0 Å². The third kappa shape index (κ3) is 40.7. The smallest absolute Gasteiger partial charge is 0.673 e. The van der Waals surface area contributed by atoms with Gasteiger partial charge in [0.15, 0.2) is 0 Å². The maximum absolute atomic E-state index is 6.94. The second-order valence-corrected chi connectivity index (χ2v) is 11.8. The van der Waals surface area contributed by atoms with Crippen molar-refractivity contribution in [2.75, 3.05) is 0 Å². The molecule has 2 N–H and O–H groups in total. The first-order valence-corrected chi connectivity index (χ1v) is 14.1. The Morgan fingerprint density at radius 3 is 0.959 bits per heavy atom. The van der Waals surface area contributed by atoms with Crippen LogP contribution in [0.2, 0.25) is 0 Å². The van der Waals surface area contributed by atoms with Crippen molar-refractivity contribution in [3.63, 3.8) is 0 Å². The Kier molecular flexibility index (Phi) is 58.4. The fourth-order valence-corrected chi connectivity index (χ4v) is 3.17. The Morgan fingerprint density at radius 2 is 0.796 bits per heavy atom. The van der Waals surface area contributed by atoms with Crippen LogP contribution in [0.5, 0.6) is 0 Å². The molecule has 8 radical (unpaired) electrons. The molecule has 0 unspecified atom stereocenters. The first-order valence-electron chi connectivity index (χ1n) is 14.1. The summed E-state index contributed by atoms with van der Waals surface area (Å²) in [4.78, 5) is 0.